The quantitative estimate of drug-likeness (QED) is 0.616. The molecule has 0 aliphatic heterocycles. The molecule has 0 aliphatic carbocycles. The summed E-state index contributed by atoms with van der Waals surface area (Å²) in [5.74, 6) is -1.65. The number of primary amides is 1. The Morgan fingerprint density at radius 3 is 2.58 bits per heavy atom. The van der Waals surface area contributed by atoms with Crippen LogP contribution in [0.5, 0.6) is 0 Å². The highest BCUT2D eigenvalue weighted by Crippen LogP contribution is 2.31. The van der Waals surface area contributed by atoms with Gasteiger partial charge in [0.25, 0.3) is 0 Å². The fourth-order valence-electron chi connectivity index (χ4n) is 1.27. The fourth-order valence-corrected chi connectivity index (χ4v) is 1.27. The van der Waals surface area contributed by atoms with Gasteiger partial charge in [-0.15, -0.1) is 0 Å². The molecular formula is C11H12F4N2O2. The fraction of sp³-hybridized carbons (Fsp3) is 0.364. The molecule has 0 fully saturated rings. The van der Waals surface area contributed by atoms with Crippen molar-refractivity contribution in [1.82, 2.24) is 0 Å². The van der Waals surface area contributed by atoms with Gasteiger partial charge in [0, 0.05) is 6.54 Å². The largest absolute Gasteiger partial charge is 0.416 e. The number of rotatable bonds is 6. The number of amides is 1. The minimum absolute atomic E-state index is 0.0728. The molecule has 0 saturated carbocycles. The highest BCUT2D eigenvalue weighted by Gasteiger charge is 2.31. The number of carbonyl (C=O) groups excluding carboxylic acids is 1. The van der Waals surface area contributed by atoms with E-state index >= 15 is 0 Å². The van der Waals surface area contributed by atoms with E-state index in [9.17, 15) is 22.4 Å². The second-order valence-corrected chi connectivity index (χ2v) is 3.64. The van der Waals surface area contributed by atoms with Crippen molar-refractivity contribution >= 4 is 11.6 Å². The number of benzene rings is 1. The lowest BCUT2D eigenvalue weighted by Crippen LogP contribution is -2.20. The van der Waals surface area contributed by atoms with Gasteiger partial charge in [-0.2, -0.15) is 13.2 Å². The highest BCUT2D eigenvalue weighted by molar-refractivity contribution is 5.74. The maximum absolute atomic E-state index is 13.3. The molecule has 1 aromatic rings. The molecule has 0 bridgehead atoms. The molecule has 0 spiro atoms. The number of halogens is 4. The third kappa shape index (κ3) is 5.12. The van der Waals surface area contributed by atoms with Crippen molar-refractivity contribution in [3.05, 3.63) is 29.6 Å². The molecule has 3 N–H and O–H groups in total. The second-order valence-electron chi connectivity index (χ2n) is 3.64. The second kappa shape index (κ2) is 6.37. The summed E-state index contributed by atoms with van der Waals surface area (Å²) in [4.78, 5) is 10.3. The first-order valence-corrected chi connectivity index (χ1v) is 5.27. The molecule has 1 aromatic carbocycles. The Balaban J connectivity index is 2.49. The third-order valence-electron chi connectivity index (χ3n) is 2.10. The molecule has 0 radical (unpaired) electrons. The number of nitrogens with two attached hydrogens (primary N) is 1. The van der Waals surface area contributed by atoms with Gasteiger partial charge in [0.2, 0.25) is 5.91 Å². The molecule has 0 unspecified atom stereocenters. The Kier molecular flexibility index (Phi) is 5.11. The Hall–Kier alpha value is -1.83. The molecule has 1 rings (SSSR count). The monoisotopic (exact) mass is 280 g/mol. The van der Waals surface area contributed by atoms with Gasteiger partial charge in [-0.25, -0.2) is 4.39 Å². The van der Waals surface area contributed by atoms with Gasteiger partial charge in [-0.3, -0.25) is 4.79 Å². The van der Waals surface area contributed by atoms with Crippen LogP contribution in [0.1, 0.15) is 5.56 Å². The summed E-state index contributed by atoms with van der Waals surface area (Å²) in [5, 5.41) is 2.55. The van der Waals surface area contributed by atoms with Gasteiger partial charge in [0.05, 0.1) is 17.9 Å². The molecule has 0 aromatic heterocycles. The summed E-state index contributed by atoms with van der Waals surface area (Å²) in [6.07, 6.45) is -4.58. The zero-order valence-electron chi connectivity index (χ0n) is 9.76. The van der Waals surface area contributed by atoms with E-state index in [4.69, 9.17) is 10.5 Å². The Bertz CT molecular complexity index is 449. The normalized spacial score (nSPS) is 11.4. The molecule has 0 aliphatic rings. The first kappa shape index (κ1) is 15.2. The lowest BCUT2D eigenvalue weighted by atomic mass is 10.2. The van der Waals surface area contributed by atoms with Crippen molar-refractivity contribution in [2.45, 2.75) is 6.18 Å². The summed E-state index contributed by atoms with van der Waals surface area (Å²) in [6.45, 7) is -0.0594. The lowest BCUT2D eigenvalue weighted by molar-refractivity contribution is -0.137. The van der Waals surface area contributed by atoms with Crippen LogP contribution in [0.2, 0.25) is 0 Å². The van der Waals surface area contributed by atoms with Crippen LogP contribution < -0.4 is 11.1 Å². The van der Waals surface area contributed by atoms with Gasteiger partial charge in [-0.1, -0.05) is 0 Å². The maximum atomic E-state index is 13.3. The predicted molar refractivity (Wildman–Crippen MR) is 59.9 cm³/mol. The first-order chi connectivity index (χ1) is 8.80. The first-order valence-electron chi connectivity index (χ1n) is 5.27. The van der Waals surface area contributed by atoms with E-state index in [1.165, 1.54) is 0 Å². The van der Waals surface area contributed by atoms with Gasteiger partial charge in [0.1, 0.15) is 12.4 Å². The van der Waals surface area contributed by atoms with E-state index in [1.807, 2.05) is 0 Å². The average Bonchev–Trinajstić information content (AvgIpc) is 2.28. The molecule has 4 nitrogen and oxygen atoms in total. The number of ether oxygens (including phenoxy) is 1. The summed E-state index contributed by atoms with van der Waals surface area (Å²) < 4.78 is 55.0. The number of hydrogen-bond acceptors (Lipinski definition) is 3. The Morgan fingerprint density at radius 2 is 2.05 bits per heavy atom. The van der Waals surface area contributed by atoms with E-state index < -0.39 is 23.5 Å². The minimum Gasteiger partial charge on any atom is -0.380 e. The topological polar surface area (TPSA) is 64.4 Å². The minimum atomic E-state index is -4.58. The molecule has 1 amide bonds. The van der Waals surface area contributed by atoms with Crippen LogP contribution in [0.15, 0.2) is 18.2 Å². The molecule has 0 atom stereocenters. The zero-order chi connectivity index (χ0) is 14.5. The number of carbonyl (C=O) groups is 1. The summed E-state index contributed by atoms with van der Waals surface area (Å²) >= 11 is 0. The van der Waals surface area contributed by atoms with Gasteiger partial charge < -0.3 is 15.8 Å². The van der Waals surface area contributed by atoms with E-state index in [2.05, 4.69) is 5.32 Å². The molecular weight excluding hydrogens is 268 g/mol. The van der Waals surface area contributed by atoms with Crippen molar-refractivity contribution in [3.8, 4) is 0 Å². The summed E-state index contributed by atoms with van der Waals surface area (Å²) in [5.41, 5.74) is 3.69. The molecule has 0 heterocycles. The van der Waals surface area contributed by atoms with Crippen LogP contribution >= 0.6 is 0 Å². The maximum Gasteiger partial charge on any atom is 0.416 e. The molecule has 8 heteroatoms. The van der Waals surface area contributed by atoms with Gasteiger partial charge in [0.15, 0.2) is 0 Å². The van der Waals surface area contributed by atoms with E-state index in [-0.39, 0.29) is 25.4 Å². The van der Waals surface area contributed by atoms with Crippen molar-refractivity contribution < 1.29 is 27.1 Å². The van der Waals surface area contributed by atoms with E-state index in [0.717, 1.165) is 12.1 Å². The average molecular weight is 280 g/mol. The summed E-state index contributed by atoms with van der Waals surface area (Å²) in [7, 11) is 0. The predicted octanol–water partition coefficient (Wildman–Crippen LogP) is 1.76. The smallest absolute Gasteiger partial charge is 0.380 e. The number of nitrogens with one attached hydrogen (secondary N) is 1. The zero-order valence-corrected chi connectivity index (χ0v) is 9.76. The number of hydrogen-bond donors (Lipinski definition) is 2. The van der Waals surface area contributed by atoms with Crippen LogP contribution in [0.4, 0.5) is 23.2 Å². The summed E-state index contributed by atoms with van der Waals surface area (Å²) in [6, 6.07) is 2.18. The Labute approximate surface area is 106 Å². The van der Waals surface area contributed by atoms with Crippen molar-refractivity contribution in [1.29, 1.82) is 0 Å². The molecule has 19 heavy (non-hydrogen) atoms. The van der Waals surface area contributed by atoms with Crippen LogP contribution in [0.3, 0.4) is 0 Å². The Morgan fingerprint density at radius 1 is 1.37 bits per heavy atom. The lowest BCUT2D eigenvalue weighted by Gasteiger charge is -2.11. The third-order valence-corrected chi connectivity index (χ3v) is 2.10. The van der Waals surface area contributed by atoms with Crippen LogP contribution in [0, 0.1) is 5.82 Å². The van der Waals surface area contributed by atoms with E-state index in [1.54, 1.807) is 0 Å². The SMILES string of the molecule is NC(=O)COCCNc1ccc(C(F)(F)F)cc1F. The van der Waals surface area contributed by atoms with Crippen LogP contribution in [-0.4, -0.2) is 25.7 Å². The number of alkyl halides is 3. The van der Waals surface area contributed by atoms with Gasteiger partial charge >= 0.3 is 6.18 Å². The van der Waals surface area contributed by atoms with Crippen molar-refractivity contribution in [2.24, 2.45) is 5.73 Å². The number of anilines is 1. The van der Waals surface area contributed by atoms with Crippen LogP contribution in [-0.2, 0) is 15.7 Å². The van der Waals surface area contributed by atoms with Crippen molar-refractivity contribution in [3.63, 3.8) is 0 Å². The molecule has 0 saturated heterocycles. The van der Waals surface area contributed by atoms with Crippen molar-refractivity contribution in [2.75, 3.05) is 25.1 Å². The standard InChI is InChI=1S/C11H12F4N2O2/c12-8-5-7(11(13,14)15)1-2-9(8)17-3-4-19-6-10(16)18/h1-2,5,17H,3-4,6H2,(H2,16,18). The van der Waals surface area contributed by atoms with Crippen LogP contribution in [0.25, 0.3) is 0 Å². The van der Waals surface area contributed by atoms with Gasteiger partial charge in [-0.05, 0) is 18.2 Å². The highest BCUT2D eigenvalue weighted by atomic mass is 19.4. The molecule has 106 valence electrons. The van der Waals surface area contributed by atoms with E-state index in [0.29, 0.717) is 6.07 Å².